The van der Waals surface area contributed by atoms with Gasteiger partial charge in [0.1, 0.15) is 18.1 Å². The molecule has 0 aliphatic rings. The summed E-state index contributed by atoms with van der Waals surface area (Å²) in [5.74, 6) is 1.29. The number of carbonyl (C=O) groups is 1. The van der Waals surface area contributed by atoms with Crippen molar-refractivity contribution in [3.8, 4) is 11.5 Å². The number of aryl methyl sites for hydroxylation is 2. The zero-order valence-corrected chi connectivity index (χ0v) is 18.9. The first-order chi connectivity index (χ1) is 15.0. The lowest BCUT2D eigenvalue weighted by molar-refractivity contribution is 0.0938. The highest BCUT2D eigenvalue weighted by Gasteiger charge is 2.13. The van der Waals surface area contributed by atoms with E-state index in [0.717, 1.165) is 24.0 Å². The van der Waals surface area contributed by atoms with Gasteiger partial charge in [0.25, 0.3) is 5.91 Å². The molecule has 0 aromatic heterocycles. The zero-order chi connectivity index (χ0) is 22.2. The van der Waals surface area contributed by atoms with Crippen molar-refractivity contribution in [2.24, 2.45) is 0 Å². The van der Waals surface area contributed by atoms with Crippen LogP contribution in [0.15, 0.2) is 66.7 Å². The lowest BCUT2D eigenvalue weighted by Gasteiger charge is -2.16. The topological polar surface area (TPSA) is 47.6 Å². The first kappa shape index (κ1) is 22.7. The Hall–Kier alpha value is -2.98. The molecule has 1 unspecified atom stereocenters. The Morgan fingerprint density at radius 2 is 1.84 bits per heavy atom. The lowest BCUT2D eigenvalue weighted by Crippen LogP contribution is -2.33. The molecular weight excluding hydrogens is 410 g/mol. The van der Waals surface area contributed by atoms with Crippen molar-refractivity contribution in [2.75, 3.05) is 7.11 Å². The number of halogens is 1. The number of ether oxygens (including phenoxy) is 2. The lowest BCUT2D eigenvalue weighted by atomic mass is 10.1. The van der Waals surface area contributed by atoms with Crippen molar-refractivity contribution in [3.05, 3.63) is 94.0 Å². The number of benzene rings is 3. The van der Waals surface area contributed by atoms with Crippen LogP contribution >= 0.6 is 11.6 Å². The second-order valence-corrected chi connectivity index (χ2v) is 8.03. The first-order valence-corrected chi connectivity index (χ1v) is 10.7. The number of carbonyl (C=O) groups excluding carboxylic acids is 1. The molecule has 1 atom stereocenters. The Balaban J connectivity index is 1.62. The van der Waals surface area contributed by atoms with Crippen LogP contribution in [-0.2, 0) is 13.0 Å². The standard InChI is InChI=1S/C26H28ClNO3/c1-18-15-23(12-13-24(18)27)31-17-22-16-21(11-14-25(22)30-3)26(29)28-19(2)9-10-20-7-5-4-6-8-20/h4-8,11-16,19H,9-10,17H2,1-3H3,(H,28,29). The fourth-order valence-electron chi connectivity index (χ4n) is 3.31. The molecule has 0 aliphatic heterocycles. The summed E-state index contributed by atoms with van der Waals surface area (Å²) in [6.07, 6.45) is 1.79. The summed E-state index contributed by atoms with van der Waals surface area (Å²) in [5.41, 5.74) is 3.60. The summed E-state index contributed by atoms with van der Waals surface area (Å²) in [6.45, 7) is 4.24. The average Bonchev–Trinajstić information content (AvgIpc) is 2.79. The van der Waals surface area contributed by atoms with Crippen molar-refractivity contribution in [3.63, 3.8) is 0 Å². The minimum absolute atomic E-state index is 0.0616. The Labute approximate surface area is 189 Å². The van der Waals surface area contributed by atoms with Crippen LogP contribution in [0.5, 0.6) is 11.5 Å². The van der Waals surface area contributed by atoms with Gasteiger partial charge in [0.2, 0.25) is 0 Å². The van der Waals surface area contributed by atoms with E-state index in [2.05, 4.69) is 17.4 Å². The summed E-state index contributed by atoms with van der Waals surface area (Å²) in [6, 6.07) is 21.3. The van der Waals surface area contributed by atoms with E-state index >= 15 is 0 Å². The predicted octanol–water partition coefficient (Wildman–Crippen LogP) is 5.99. The third-order valence-electron chi connectivity index (χ3n) is 5.15. The van der Waals surface area contributed by atoms with Gasteiger partial charge >= 0.3 is 0 Å². The van der Waals surface area contributed by atoms with Crippen LogP contribution in [0.2, 0.25) is 5.02 Å². The molecule has 5 heteroatoms. The highest BCUT2D eigenvalue weighted by Crippen LogP contribution is 2.25. The maximum atomic E-state index is 12.8. The van der Waals surface area contributed by atoms with Gasteiger partial charge in [-0.2, -0.15) is 0 Å². The Morgan fingerprint density at radius 1 is 1.06 bits per heavy atom. The molecule has 0 fully saturated rings. The average molecular weight is 438 g/mol. The fraction of sp³-hybridized carbons (Fsp3) is 0.269. The molecule has 31 heavy (non-hydrogen) atoms. The summed E-state index contributed by atoms with van der Waals surface area (Å²) in [5, 5.41) is 3.78. The van der Waals surface area contributed by atoms with Crippen LogP contribution in [0.4, 0.5) is 0 Å². The normalized spacial score (nSPS) is 11.6. The van der Waals surface area contributed by atoms with Crippen LogP contribution in [0, 0.1) is 6.92 Å². The van der Waals surface area contributed by atoms with Crippen LogP contribution in [0.1, 0.15) is 40.4 Å². The Kier molecular flexibility index (Phi) is 7.96. The first-order valence-electron chi connectivity index (χ1n) is 10.4. The predicted molar refractivity (Wildman–Crippen MR) is 125 cm³/mol. The third-order valence-corrected chi connectivity index (χ3v) is 5.58. The van der Waals surface area contributed by atoms with E-state index in [4.69, 9.17) is 21.1 Å². The second kappa shape index (κ2) is 10.9. The quantitative estimate of drug-likeness (QED) is 0.447. The largest absolute Gasteiger partial charge is 0.496 e. The van der Waals surface area contributed by atoms with E-state index in [1.807, 2.05) is 56.3 Å². The van der Waals surface area contributed by atoms with Gasteiger partial charge in [-0.15, -0.1) is 0 Å². The number of hydrogen-bond donors (Lipinski definition) is 1. The monoisotopic (exact) mass is 437 g/mol. The maximum Gasteiger partial charge on any atom is 0.251 e. The summed E-state index contributed by atoms with van der Waals surface area (Å²) >= 11 is 6.08. The van der Waals surface area contributed by atoms with E-state index in [0.29, 0.717) is 22.1 Å². The van der Waals surface area contributed by atoms with E-state index < -0.39 is 0 Å². The molecule has 1 amide bonds. The van der Waals surface area contributed by atoms with Crippen LogP contribution in [0.25, 0.3) is 0 Å². The molecule has 0 saturated heterocycles. The van der Waals surface area contributed by atoms with Gasteiger partial charge in [0.05, 0.1) is 7.11 Å². The number of nitrogens with one attached hydrogen (secondary N) is 1. The van der Waals surface area contributed by atoms with Gasteiger partial charge in [-0.05, 0) is 74.2 Å². The van der Waals surface area contributed by atoms with E-state index in [9.17, 15) is 4.79 Å². The summed E-state index contributed by atoms with van der Waals surface area (Å²) in [4.78, 5) is 12.8. The second-order valence-electron chi connectivity index (χ2n) is 7.63. The smallest absolute Gasteiger partial charge is 0.251 e. The van der Waals surface area contributed by atoms with Gasteiger partial charge in [-0.3, -0.25) is 4.79 Å². The maximum absolute atomic E-state index is 12.8. The molecule has 4 nitrogen and oxygen atoms in total. The third kappa shape index (κ3) is 6.50. The van der Waals surface area contributed by atoms with E-state index in [-0.39, 0.29) is 18.6 Å². The Bertz CT molecular complexity index is 1020. The molecule has 0 bridgehead atoms. The Morgan fingerprint density at radius 3 is 2.55 bits per heavy atom. The molecule has 0 aliphatic carbocycles. The SMILES string of the molecule is COc1ccc(C(=O)NC(C)CCc2ccccc2)cc1COc1ccc(Cl)c(C)c1. The van der Waals surface area contributed by atoms with Gasteiger partial charge in [0.15, 0.2) is 0 Å². The number of hydrogen-bond acceptors (Lipinski definition) is 3. The van der Waals surface area contributed by atoms with E-state index in [1.165, 1.54) is 5.56 Å². The van der Waals surface area contributed by atoms with Crippen molar-refractivity contribution in [2.45, 2.75) is 39.3 Å². The van der Waals surface area contributed by atoms with Crippen molar-refractivity contribution in [1.29, 1.82) is 0 Å². The van der Waals surface area contributed by atoms with Crippen LogP contribution < -0.4 is 14.8 Å². The molecule has 3 rings (SSSR count). The highest BCUT2D eigenvalue weighted by atomic mass is 35.5. The molecule has 3 aromatic carbocycles. The molecule has 0 spiro atoms. The molecule has 0 heterocycles. The number of amides is 1. The minimum Gasteiger partial charge on any atom is -0.496 e. The summed E-state index contributed by atoms with van der Waals surface area (Å²) in [7, 11) is 1.61. The molecule has 0 saturated carbocycles. The number of rotatable bonds is 9. The number of methoxy groups -OCH3 is 1. The van der Waals surface area contributed by atoms with E-state index in [1.54, 1.807) is 19.2 Å². The van der Waals surface area contributed by atoms with Gasteiger partial charge in [0, 0.05) is 22.2 Å². The molecular formula is C26H28ClNO3. The summed E-state index contributed by atoms with van der Waals surface area (Å²) < 4.78 is 11.4. The van der Waals surface area contributed by atoms with Gasteiger partial charge < -0.3 is 14.8 Å². The van der Waals surface area contributed by atoms with Crippen molar-refractivity contribution < 1.29 is 14.3 Å². The molecule has 162 valence electrons. The molecule has 3 aromatic rings. The van der Waals surface area contributed by atoms with Gasteiger partial charge in [-0.25, -0.2) is 0 Å². The molecule has 1 N–H and O–H groups in total. The van der Waals surface area contributed by atoms with Gasteiger partial charge in [-0.1, -0.05) is 41.9 Å². The molecule has 0 radical (unpaired) electrons. The van der Waals surface area contributed by atoms with Crippen molar-refractivity contribution >= 4 is 17.5 Å². The minimum atomic E-state index is -0.105. The van der Waals surface area contributed by atoms with Crippen LogP contribution in [0.3, 0.4) is 0 Å². The highest BCUT2D eigenvalue weighted by molar-refractivity contribution is 6.31. The van der Waals surface area contributed by atoms with Crippen LogP contribution in [-0.4, -0.2) is 19.1 Å². The fourth-order valence-corrected chi connectivity index (χ4v) is 3.43. The van der Waals surface area contributed by atoms with Crippen molar-refractivity contribution in [1.82, 2.24) is 5.32 Å². The zero-order valence-electron chi connectivity index (χ0n) is 18.2.